The van der Waals surface area contributed by atoms with E-state index in [0.717, 1.165) is 28.2 Å². The van der Waals surface area contributed by atoms with Crippen LogP contribution in [0.25, 0.3) is 11.1 Å². The predicted molar refractivity (Wildman–Crippen MR) is 80.9 cm³/mol. The standard InChI is InChI=1S/C17H17NO3/c1-19-14-5-7-17(21-3)15(11-14)12-4-6-16(20-2)13(10-12)8-9-18/h4-7,10-11H,8H2,1-3H3. The Bertz CT molecular complexity index is 674. The predicted octanol–water partition coefficient (Wildman–Crippen LogP) is 3.45. The Morgan fingerprint density at radius 3 is 2.24 bits per heavy atom. The van der Waals surface area contributed by atoms with Crippen LogP contribution in [0.1, 0.15) is 5.56 Å². The topological polar surface area (TPSA) is 51.5 Å². The lowest BCUT2D eigenvalue weighted by molar-refractivity contribution is 0.404. The molecular weight excluding hydrogens is 266 g/mol. The molecule has 0 radical (unpaired) electrons. The third-order valence-corrected chi connectivity index (χ3v) is 3.27. The summed E-state index contributed by atoms with van der Waals surface area (Å²) in [7, 11) is 4.85. The van der Waals surface area contributed by atoms with Crippen molar-refractivity contribution in [2.75, 3.05) is 21.3 Å². The van der Waals surface area contributed by atoms with E-state index in [2.05, 4.69) is 6.07 Å². The molecule has 2 aromatic carbocycles. The summed E-state index contributed by atoms with van der Waals surface area (Å²) in [4.78, 5) is 0. The Kier molecular flexibility index (Phi) is 4.68. The summed E-state index contributed by atoms with van der Waals surface area (Å²) in [6.07, 6.45) is 0.295. The van der Waals surface area contributed by atoms with Gasteiger partial charge in [-0.15, -0.1) is 0 Å². The van der Waals surface area contributed by atoms with Crippen molar-refractivity contribution >= 4 is 0 Å². The van der Waals surface area contributed by atoms with Crippen LogP contribution in [-0.2, 0) is 6.42 Å². The first-order valence-electron chi connectivity index (χ1n) is 6.49. The highest BCUT2D eigenvalue weighted by Crippen LogP contribution is 2.35. The Morgan fingerprint density at radius 2 is 1.62 bits per heavy atom. The van der Waals surface area contributed by atoms with Crippen LogP contribution in [0, 0.1) is 11.3 Å². The van der Waals surface area contributed by atoms with Crippen LogP contribution >= 0.6 is 0 Å². The summed E-state index contributed by atoms with van der Waals surface area (Å²) in [6, 6.07) is 13.5. The number of benzene rings is 2. The quantitative estimate of drug-likeness (QED) is 0.843. The fourth-order valence-corrected chi connectivity index (χ4v) is 2.21. The summed E-state index contributed by atoms with van der Waals surface area (Å²) in [6.45, 7) is 0. The van der Waals surface area contributed by atoms with Gasteiger partial charge in [-0.1, -0.05) is 6.07 Å². The van der Waals surface area contributed by atoms with E-state index in [1.54, 1.807) is 21.3 Å². The van der Waals surface area contributed by atoms with E-state index in [-0.39, 0.29) is 0 Å². The van der Waals surface area contributed by atoms with Crippen molar-refractivity contribution in [1.82, 2.24) is 0 Å². The molecule has 2 rings (SSSR count). The zero-order valence-electron chi connectivity index (χ0n) is 12.3. The molecule has 0 bridgehead atoms. The number of nitrogens with zero attached hydrogens (tertiary/aromatic N) is 1. The minimum absolute atomic E-state index is 0.295. The van der Waals surface area contributed by atoms with Gasteiger partial charge in [0.05, 0.1) is 33.8 Å². The number of hydrogen-bond donors (Lipinski definition) is 0. The maximum atomic E-state index is 8.93. The van der Waals surface area contributed by atoms with Gasteiger partial charge < -0.3 is 14.2 Å². The molecule has 2 aromatic rings. The fraction of sp³-hybridized carbons (Fsp3) is 0.235. The first kappa shape index (κ1) is 14.7. The SMILES string of the molecule is COc1ccc(OC)c(-c2ccc(OC)c(CC#N)c2)c1. The van der Waals surface area contributed by atoms with Crippen molar-refractivity contribution in [1.29, 1.82) is 5.26 Å². The Morgan fingerprint density at radius 1 is 0.905 bits per heavy atom. The number of methoxy groups -OCH3 is 3. The molecule has 108 valence electrons. The van der Waals surface area contributed by atoms with Gasteiger partial charge in [0, 0.05) is 11.1 Å². The van der Waals surface area contributed by atoms with Gasteiger partial charge in [0.2, 0.25) is 0 Å². The average Bonchev–Trinajstić information content (AvgIpc) is 2.54. The average molecular weight is 283 g/mol. The van der Waals surface area contributed by atoms with Gasteiger partial charge in [-0.2, -0.15) is 5.26 Å². The van der Waals surface area contributed by atoms with Crippen LogP contribution in [0.5, 0.6) is 17.2 Å². The molecule has 0 spiro atoms. The van der Waals surface area contributed by atoms with E-state index >= 15 is 0 Å². The zero-order chi connectivity index (χ0) is 15.2. The van der Waals surface area contributed by atoms with Crippen molar-refractivity contribution in [3.63, 3.8) is 0 Å². The summed E-state index contributed by atoms with van der Waals surface area (Å²) >= 11 is 0. The van der Waals surface area contributed by atoms with Gasteiger partial charge in [-0.05, 0) is 35.9 Å². The maximum absolute atomic E-state index is 8.93. The summed E-state index contributed by atoms with van der Waals surface area (Å²) in [5, 5.41) is 8.93. The third kappa shape index (κ3) is 3.09. The first-order chi connectivity index (χ1) is 10.2. The highest BCUT2D eigenvalue weighted by molar-refractivity contribution is 5.73. The molecule has 4 nitrogen and oxygen atoms in total. The van der Waals surface area contributed by atoms with Crippen LogP contribution < -0.4 is 14.2 Å². The Labute approximate surface area is 124 Å². The van der Waals surface area contributed by atoms with Crippen LogP contribution in [0.4, 0.5) is 0 Å². The fourth-order valence-electron chi connectivity index (χ4n) is 2.21. The van der Waals surface area contributed by atoms with Gasteiger partial charge in [-0.3, -0.25) is 0 Å². The van der Waals surface area contributed by atoms with E-state index in [9.17, 15) is 0 Å². The van der Waals surface area contributed by atoms with Crippen LogP contribution in [0.15, 0.2) is 36.4 Å². The van der Waals surface area contributed by atoms with Crippen molar-refractivity contribution < 1.29 is 14.2 Å². The lowest BCUT2D eigenvalue weighted by Gasteiger charge is -2.13. The summed E-state index contributed by atoms with van der Waals surface area (Å²) < 4.78 is 16.0. The van der Waals surface area contributed by atoms with Gasteiger partial charge in [0.1, 0.15) is 17.2 Å². The second-order valence-corrected chi connectivity index (χ2v) is 4.43. The van der Waals surface area contributed by atoms with Crippen LogP contribution in [0.3, 0.4) is 0 Å². The Hall–Kier alpha value is -2.67. The van der Waals surface area contributed by atoms with Crippen LogP contribution in [-0.4, -0.2) is 21.3 Å². The molecule has 0 heterocycles. The van der Waals surface area contributed by atoms with E-state index in [4.69, 9.17) is 19.5 Å². The smallest absolute Gasteiger partial charge is 0.126 e. The molecular formula is C17H17NO3. The molecule has 0 saturated carbocycles. The molecule has 21 heavy (non-hydrogen) atoms. The molecule has 0 unspecified atom stereocenters. The molecule has 0 saturated heterocycles. The third-order valence-electron chi connectivity index (χ3n) is 3.27. The summed E-state index contributed by atoms with van der Waals surface area (Å²) in [5.74, 6) is 2.22. The van der Waals surface area contributed by atoms with Crippen molar-refractivity contribution in [2.45, 2.75) is 6.42 Å². The van der Waals surface area contributed by atoms with Crippen LogP contribution in [0.2, 0.25) is 0 Å². The number of ether oxygens (including phenoxy) is 3. The number of rotatable bonds is 5. The minimum Gasteiger partial charge on any atom is -0.497 e. The molecule has 0 aliphatic heterocycles. The highest BCUT2D eigenvalue weighted by Gasteiger charge is 2.11. The lowest BCUT2D eigenvalue weighted by atomic mass is 10.00. The normalized spacial score (nSPS) is 9.81. The second-order valence-electron chi connectivity index (χ2n) is 4.43. The molecule has 0 atom stereocenters. The van der Waals surface area contributed by atoms with E-state index in [1.165, 1.54) is 0 Å². The summed E-state index contributed by atoms with van der Waals surface area (Å²) in [5.41, 5.74) is 2.72. The second kappa shape index (κ2) is 6.67. The van der Waals surface area contributed by atoms with Crippen molar-refractivity contribution in [2.24, 2.45) is 0 Å². The van der Waals surface area contributed by atoms with E-state index in [1.807, 2.05) is 36.4 Å². The molecule has 0 aromatic heterocycles. The van der Waals surface area contributed by atoms with Crippen molar-refractivity contribution in [3.05, 3.63) is 42.0 Å². The van der Waals surface area contributed by atoms with Gasteiger partial charge in [-0.25, -0.2) is 0 Å². The molecule has 0 fully saturated rings. The Balaban J connectivity index is 2.55. The zero-order valence-corrected chi connectivity index (χ0v) is 12.3. The number of nitriles is 1. The largest absolute Gasteiger partial charge is 0.497 e. The van der Waals surface area contributed by atoms with Gasteiger partial charge in [0.15, 0.2) is 0 Å². The minimum atomic E-state index is 0.295. The molecule has 4 heteroatoms. The van der Waals surface area contributed by atoms with Crippen molar-refractivity contribution in [3.8, 4) is 34.4 Å². The number of hydrogen-bond acceptors (Lipinski definition) is 4. The molecule has 0 aliphatic rings. The lowest BCUT2D eigenvalue weighted by Crippen LogP contribution is -1.94. The maximum Gasteiger partial charge on any atom is 0.126 e. The monoisotopic (exact) mass is 283 g/mol. The molecule has 0 aliphatic carbocycles. The van der Waals surface area contributed by atoms with Gasteiger partial charge >= 0.3 is 0 Å². The highest BCUT2D eigenvalue weighted by atomic mass is 16.5. The van der Waals surface area contributed by atoms with Gasteiger partial charge in [0.25, 0.3) is 0 Å². The van der Waals surface area contributed by atoms with E-state index in [0.29, 0.717) is 12.2 Å². The van der Waals surface area contributed by atoms with E-state index < -0.39 is 0 Å². The molecule has 0 amide bonds. The molecule has 0 N–H and O–H groups in total. The first-order valence-corrected chi connectivity index (χ1v) is 6.49.